The lowest BCUT2D eigenvalue weighted by Gasteiger charge is -2.32. The molecule has 1 fully saturated rings. The molecule has 4 heteroatoms. The second-order valence-corrected chi connectivity index (χ2v) is 3.32. The average Bonchev–Trinajstić information content (AvgIpc) is 2.04. The third kappa shape index (κ3) is 2.46. The third-order valence-electron chi connectivity index (χ3n) is 2.11. The number of aliphatic hydroxyl groups is 1. The van der Waals surface area contributed by atoms with Crippen LogP contribution < -0.4 is 5.32 Å². The summed E-state index contributed by atoms with van der Waals surface area (Å²) in [6.45, 7) is 2.20. The Hall–Kier alpha value is -0.610. The van der Waals surface area contributed by atoms with E-state index in [2.05, 4.69) is 12.2 Å². The highest BCUT2D eigenvalue weighted by molar-refractivity contribution is 5.49. The SMILES string of the molecule is CC1C[C@@H](CO)O[C@@H](NC=N)C1. The van der Waals surface area contributed by atoms with Gasteiger partial charge < -0.3 is 15.2 Å². The van der Waals surface area contributed by atoms with Crippen LogP contribution in [0.15, 0.2) is 0 Å². The number of aliphatic hydroxyl groups excluding tert-OH is 1. The highest BCUT2D eigenvalue weighted by atomic mass is 16.5. The summed E-state index contributed by atoms with van der Waals surface area (Å²) in [4.78, 5) is 0. The fourth-order valence-corrected chi connectivity index (χ4v) is 1.57. The quantitative estimate of drug-likeness (QED) is 0.424. The lowest BCUT2D eigenvalue weighted by atomic mass is 9.96. The van der Waals surface area contributed by atoms with Crippen LogP contribution in [0.5, 0.6) is 0 Å². The first-order valence-corrected chi connectivity index (χ1v) is 4.27. The molecular weight excluding hydrogens is 156 g/mol. The average molecular weight is 172 g/mol. The topological polar surface area (TPSA) is 65.3 Å². The molecule has 0 bridgehead atoms. The Balaban J connectivity index is 2.39. The van der Waals surface area contributed by atoms with Crippen molar-refractivity contribution < 1.29 is 9.84 Å². The summed E-state index contributed by atoms with van der Waals surface area (Å²) in [6.07, 6.45) is 2.80. The maximum atomic E-state index is 8.88. The van der Waals surface area contributed by atoms with Crippen molar-refractivity contribution in [3.63, 3.8) is 0 Å². The number of ether oxygens (including phenoxy) is 1. The van der Waals surface area contributed by atoms with Gasteiger partial charge >= 0.3 is 0 Å². The zero-order valence-corrected chi connectivity index (χ0v) is 7.29. The summed E-state index contributed by atoms with van der Waals surface area (Å²) in [7, 11) is 0. The number of hydrogen-bond donors (Lipinski definition) is 3. The summed E-state index contributed by atoms with van der Waals surface area (Å²) in [6, 6.07) is 0. The molecule has 1 saturated heterocycles. The van der Waals surface area contributed by atoms with E-state index in [9.17, 15) is 0 Å². The maximum absolute atomic E-state index is 8.88. The highest BCUT2D eigenvalue weighted by Gasteiger charge is 2.25. The molecule has 1 heterocycles. The largest absolute Gasteiger partial charge is 0.394 e. The van der Waals surface area contributed by atoms with Gasteiger partial charge in [-0.25, -0.2) is 0 Å². The molecule has 0 aromatic carbocycles. The smallest absolute Gasteiger partial charge is 0.129 e. The van der Waals surface area contributed by atoms with Gasteiger partial charge in [-0.2, -0.15) is 0 Å². The normalized spacial score (nSPS) is 36.0. The molecule has 4 nitrogen and oxygen atoms in total. The van der Waals surface area contributed by atoms with E-state index in [4.69, 9.17) is 15.3 Å². The fraction of sp³-hybridized carbons (Fsp3) is 0.875. The van der Waals surface area contributed by atoms with E-state index >= 15 is 0 Å². The molecule has 0 spiro atoms. The molecule has 1 rings (SSSR count). The van der Waals surface area contributed by atoms with Crippen LogP contribution in [0.4, 0.5) is 0 Å². The van der Waals surface area contributed by atoms with Crippen molar-refractivity contribution in [1.82, 2.24) is 5.32 Å². The van der Waals surface area contributed by atoms with Gasteiger partial charge in [0, 0.05) is 0 Å². The van der Waals surface area contributed by atoms with Crippen molar-refractivity contribution >= 4 is 6.34 Å². The summed E-state index contributed by atoms with van der Waals surface area (Å²) < 4.78 is 5.43. The number of nitrogens with one attached hydrogen (secondary N) is 2. The summed E-state index contributed by atoms with van der Waals surface area (Å²) in [5, 5.41) is 18.5. The lowest BCUT2D eigenvalue weighted by Crippen LogP contribution is -2.41. The third-order valence-corrected chi connectivity index (χ3v) is 2.11. The van der Waals surface area contributed by atoms with E-state index in [0.717, 1.165) is 19.2 Å². The molecule has 0 amide bonds. The van der Waals surface area contributed by atoms with E-state index in [1.807, 2.05) is 0 Å². The van der Waals surface area contributed by atoms with Gasteiger partial charge in [-0.15, -0.1) is 0 Å². The molecule has 1 aliphatic rings. The Labute approximate surface area is 72.4 Å². The molecular formula is C8H16N2O2. The van der Waals surface area contributed by atoms with Crippen molar-refractivity contribution in [3.8, 4) is 0 Å². The van der Waals surface area contributed by atoms with Crippen LogP contribution in [-0.4, -0.2) is 30.4 Å². The Kier molecular flexibility index (Phi) is 3.49. The first kappa shape index (κ1) is 9.48. The van der Waals surface area contributed by atoms with Crippen LogP contribution in [0.1, 0.15) is 19.8 Å². The molecule has 0 aromatic heterocycles. The van der Waals surface area contributed by atoms with Gasteiger partial charge in [0.1, 0.15) is 6.23 Å². The van der Waals surface area contributed by atoms with Crippen molar-refractivity contribution in [3.05, 3.63) is 0 Å². The van der Waals surface area contributed by atoms with E-state index in [1.54, 1.807) is 0 Å². The first-order chi connectivity index (χ1) is 5.76. The molecule has 3 N–H and O–H groups in total. The molecule has 0 radical (unpaired) electrons. The number of hydrogen-bond acceptors (Lipinski definition) is 3. The van der Waals surface area contributed by atoms with Gasteiger partial charge in [-0.05, 0) is 18.8 Å². The Morgan fingerprint density at radius 3 is 3.00 bits per heavy atom. The van der Waals surface area contributed by atoms with Crippen LogP contribution in [-0.2, 0) is 4.74 Å². The monoisotopic (exact) mass is 172 g/mol. The predicted octanol–water partition coefficient (Wildman–Crippen LogP) is 0.317. The Morgan fingerprint density at radius 2 is 2.42 bits per heavy atom. The summed E-state index contributed by atoms with van der Waals surface area (Å²) >= 11 is 0. The molecule has 3 atom stereocenters. The molecule has 70 valence electrons. The summed E-state index contributed by atoms with van der Waals surface area (Å²) in [5.41, 5.74) is 0. The van der Waals surface area contributed by atoms with Crippen molar-refractivity contribution in [2.75, 3.05) is 6.61 Å². The Bertz CT molecular complexity index is 152. The van der Waals surface area contributed by atoms with Crippen LogP contribution in [0.2, 0.25) is 0 Å². The zero-order valence-electron chi connectivity index (χ0n) is 7.29. The predicted molar refractivity (Wildman–Crippen MR) is 46.1 cm³/mol. The van der Waals surface area contributed by atoms with E-state index in [1.165, 1.54) is 0 Å². The van der Waals surface area contributed by atoms with Gasteiger partial charge in [-0.1, -0.05) is 6.92 Å². The summed E-state index contributed by atoms with van der Waals surface area (Å²) in [5.74, 6) is 0.549. The van der Waals surface area contributed by atoms with Crippen LogP contribution in [0, 0.1) is 11.3 Å². The minimum Gasteiger partial charge on any atom is -0.394 e. The van der Waals surface area contributed by atoms with Crippen LogP contribution in [0.3, 0.4) is 0 Å². The van der Waals surface area contributed by atoms with Crippen molar-refractivity contribution in [1.29, 1.82) is 5.41 Å². The molecule has 0 aliphatic carbocycles. The molecule has 0 saturated carbocycles. The van der Waals surface area contributed by atoms with Crippen LogP contribution >= 0.6 is 0 Å². The minimum absolute atomic E-state index is 0.0637. The van der Waals surface area contributed by atoms with E-state index in [-0.39, 0.29) is 18.9 Å². The van der Waals surface area contributed by atoms with Gasteiger partial charge in [0.05, 0.1) is 19.0 Å². The zero-order chi connectivity index (χ0) is 8.97. The first-order valence-electron chi connectivity index (χ1n) is 4.27. The Morgan fingerprint density at radius 1 is 1.67 bits per heavy atom. The van der Waals surface area contributed by atoms with Gasteiger partial charge in [0.2, 0.25) is 0 Å². The second kappa shape index (κ2) is 4.42. The second-order valence-electron chi connectivity index (χ2n) is 3.32. The minimum atomic E-state index is -0.0941. The van der Waals surface area contributed by atoms with Crippen molar-refractivity contribution in [2.24, 2.45) is 5.92 Å². The van der Waals surface area contributed by atoms with E-state index in [0.29, 0.717) is 5.92 Å². The van der Waals surface area contributed by atoms with Gasteiger partial charge in [0.15, 0.2) is 0 Å². The van der Waals surface area contributed by atoms with Gasteiger partial charge in [-0.3, -0.25) is 5.41 Å². The van der Waals surface area contributed by atoms with Crippen LogP contribution in [0.25, 0.3) is 0 Å². The fourth-order valence-electron chi connectivity index (χ4n) is 1.57. The van der Waals surface area contributed by atoms with E-state index < -0.39 is 0 Å². The highest BCUT2D eigenvalue weighted by Crippen LogP contribution is 2.22. The maximum Gasteiger partial charge on any atom is 0.129 e. The molecule has 12 heavy (non-hydrogen) atoms. The molecule has 1 aliphatic heterocycles. The molecule has 0 aromatic rings. The molecule has 1 unspecified atom stereocenters. The lowest BCUT2D eigenvalue weighted by molar-refractivity contribution is -0.0931. The van der Waals surface area contributed by atoms with Gasteiger partial charge in [0.25, 0.3) is 0 Å². The number of rotatable bonds is 3. The standard InChI is InChI=1S/C8H16N2O2/c1-6-2-7(4-11)12-8(3-6)10-5-9/h5-8,11H,2-4H2,1H3,(H2,9,10)/t6?,7-,8+/m0/s1. The van der Waals surface area contributed by atoms with Crippen molar-refractivity contribution in [2.45, 2.75) is 32.1 Å².